The molecule has 0 radical (unpaired) electrons. The van der Waals surface area contributed by atoms with Crippen LogP contribution in [-0.2, 0) is 4.79 Å². The average Bonchev–Trinajstić information content (AvgIpc) is 2.85. The fourth-order valence-corrected chi connectivity index (χ4v) is 1.87. The van der Waals surface area contributed by atoms with E-state index in [4.69, 9.17) is 10.8 Å². The van der Waals surface area contributed by atoms with Gasteiger partial charge in [-0.1, -0.05) is 0 Å². The zero-order valence-corrected chi connectivity index (χ0v) is 7.70. The molecule has 2 rings (SSSR count). The zero-order chi connectivity index (χ0) is 9.47. The lowest BCUT2D eigenvalue weighted by atomic mass is 10.1. The minimum Gasteiger partial charge on any atom is -0.396 e. The molecule has 1 saturated heterocycles. The quantitative estimate of drug-likeness (QED) is 0.610. The number of nitrogens with two attached hydrogens (primary N) is 1. The van der Waals surface area contributed by atoms with Gasteiger partial charge in [-0.05, 0) is 19.3 Å². The number of aliphatic hydroxyl groups is 1. The van der Waals surface area contributed by atoms with Gasteiger partial charge in [-0.2, -0.15) is 0 Å². The second-order valence-electron chi connectivity index (χ2n) is 4.31. The average molecular weight is 184 g/mol. The number of likely N-dealkylation sites (tertiary alicyclic amines) is 1. The van der Waals surface area contributed by atoms with Crippen LogP contribution in [0, 0.1) is 5.41 Å². The molecule has 2 fully saturated rings. The predicted molar refractivity (Wildman–Crippen MR) is 47.9 cm³/mol. The monoisotopic (exact) mass is 184 g/mol. The first-order valence-electron chi connectivity index (χ1n) is 4.82. The summed E-state index contributed by atoms with van der Waals surface area (Å²) >= 11 is 0. The van der Waals surface area contributed by atoms with E-state index in [9.17, 15) is 4.79 Å². The normalized spacial score (nSPS) is 31.1. The van der Waals surface area contributed by atoms with Crippen LogP contribution < -0.4 is 5.73 Å². The van der Waals surface area contributed by atoms with Crippen LogP contribution in [0.5, 0.6) is 0 Å². The lowest BCUT2D eigenvalue weighted by Gasteiger charge is -2.21. The van der Waals surface area contributed by atoms with Crippen LogP contribution in [0.4, 0.5) is 0 Å². The maximum Gasteiger partial charge on any atom is 0.239 e. The van der Waals surface area contributed by atoms with Gasteiger partial charge < -0.3 is 15.7 Å². The molecule has 1 aliphatic heterocycles. The van der Waals surface area contributed by atoms with Gasteiger partial charge in [-0.25, -0.2) is 0 Å². The van der Waals surface area contributed by atoms with Gasteiger partial charge in [0, 0.05) is 18.5 Å². The molecule has 0 bridgehead atoms. The van der Waals surface area contributed by atoms with Crippen LogP contribution in [-0.4, -0.2) is 41.7 Å². The molecule has 1 heterocycles. The highest BCUT2D eigenvalue weighted by molar-refractivity contribution is 5.83. The lowest BCUT2D eigenvalue weighted by molar-refractivity contribution is -0.129. The first-order chi connectivity index (χ1) is 6.17. The van der Waals surface area contributed by atoms with E-state index in [-0.39, 0.29) is 24.0 Å². The third-order valence-corrected chi connectivity index (χ3v) is 3.16. The third-order valence-electron chi connectivity index (χ3n) is 3.16. The highest BCUT2D eigenvalue weighted by atomic mass is 16.3. The lowest BCUT2D eigenvalue weighted by Crippen LogP contribution is -2.38. The molecular formula is C9H16N2O2. The van der Waals surface area contributed by atoms with Crippen molar-refractivity contribution < 1.29 is 9.90 Å². The first kappa shape index (κ1) is 8.97. The summed E-state index contributed by atoms with van der Waals surface area (Å²) in [6, 6.07) is -0.297. The number of carbonyl (C=O) groups is 1. The summed E-state index contributed by atoms with van der Waals surface area (Å²) in [5.41, 5.74) is 5.62. The Morgan fingerprint density at radius 1 is 1.62 bits per heavy atom. The Bertz CT molecular complexity index is 226. The highest BCUT2D eigenvalue weighted by Crippen LogP contribution is 2.46. The van der Waals surface area contributed by atoms with E-state index in [1.54, 1.807) is 4.90 Å². The van der Waals surface area contributed by atoms with Crippen LogP contribution in [0.25, 0.3) is 0 Å². The van der Waals surface area contributed by atoms with E-state index >= 15 is 0 Å². The topological polar surface area (TPSA) is 66.6 Å². The van der Waals surface area contributed by atoms with Gasteiger partial charge in [0.05, 0.1) is 12.6 Å². The Morgan fingerprint density at radius 3 is 2.69 bits per heavy atom. The van der Waals surface area contributed by atoms with Gasteiger partial charge >= 0.3 is 0 Å². The standard InChI is InChI=1S/C9H16N2O2/c10-7-1-4-11(8(7)13)5-9(6-12)2-3-9/h7,12H,1-6,10H2. The van der Waals surface area contributed by atoms with E-state index in [1.807, 2.05) is 0 Å². The van der Waals surface area contributed by atoms with E-state index in [0.717, 1.165) is 25.8 Å². The number of aliphatic hydroxyl groups excluding tert-OH is 1. The Balaban J connectivity index is 1.92. The van der Waals surface area contributed by atoms with E-state index in [0.29, 0.717) is 6.54 Å². The fraction of sp³-hybridized carbons (Fsp3) is 0.889. The van der Waals surface area contributed by atoms with Crippen molar-refractivity contribution >= 4 is 5.91 Å². The van der Waals surface area contributed by atoms with Crippen LogP contribution in [0.15, 0.2) is 0 Å². The summed E-state index contributed by atoms with van der Waals surface area (Å²) in [6.07, 6.45) is 2.85. The van der Waals surface area contributed by atoms with Gasteiger partial charge in [0.2, 0.25) is 5.91 Å². The van der Waals surface area contributed by atoms with E-state index in [2.05, 4.69) is 0 Å². The van der Waals surface area contributed by atoms with Gasteiger partial charge in [-0.3, -0.25) is 4.79 Å². The zero-order valence-electron chi connectivity index (χ0n) is 7.70. The number of nitrogens with zero attached hydrogens (tertiary/aromatic N) is 1. The summed E-state index contributed by atoms with van der Waals surface area (Å²) in [6.45, 7) is 1.67. The summed E-state index contributed by atoms with van der Waals surface area (Å²) in [5, 5.41) is 9.10. The van der Waals surface area contributed by atoms with Crippen molar-refractivity contribution in [3.05, 3.63) is 0 Å². The van der Waals surface area contributed by atoms with Crippen molar-refractivity contribution in [2.24, 2.45) is 11.1 Å². The van der Waals surface area contributed by atoms with E-state index < -0.39 is 0 Å². The predicted octanol–water partition coefficient (Wildman–Crippen LogP) is -0.681. The molecular weight excluding hydrogens is 168 g/mol. The Hall–Kier alpha value is -0.610. The summed E-state index contributed by atoms with van der Waals surface area (Å²) in [4.78, 5) is 13.2. The molecule has 0 aromatic rings. The third kappa shape index (κ3) is 1.56. The molecule has 4 nitrogen and oxygen atoms in total. The Kier molecular flexibility index (Phi) is 2.04. The van der Waals surface area contributed by atoms with Gasteiger partial charge in [0.1, 0.15) is 0 Å². The van der Waals surface area contributed by atoms with Crippen LogP contribution in [0.1, 0.15) is 19.3 Å². The molecule has 4 heteroatoms. The molecule has 13 heavy (non-hydrogen) atoms. The van der Waals surface area contributed by atoms with Crippen molar-refractivity contribution in [1.29, 1.82) is 0 Å². The van der Waals surface area contributed by atoms with Gasteiger partial charge in [0.15, 0.2) is 0 Å². The minimum atomic E-state index is -0.297. The first-order valence-corrected chi connectivity index (χ1v) is 4.82. The molecule has 1 amide bonds. The van der Waals surface area contributed by atoms with Crippen LogP contribution in [0.3, 0.4) is 0 Å². The Labute approximate surface area is 77.7 Å². The van der Waals surface area contributed by atoms with Crippen molar-refractivity contribution in [3.8, 4) is 0 Å². The van der Waals surface area contributed by atoms with Crippen molar-refractivity contribution in [2.45, 2.75) is 25.3 Å². The SMILES string of the molecule is NC1CCN(CC2(CO)CC2)C1=O. The molecule has 0 spiro atoms. The Morgan fingerprint density at radius 2 is 2.31 bits per heavy atom. The maximum absolute atomic E-state index is 11.4. The fourth-order valence-electron chi connectivity index (χ4n) is 1.87. The molecule has 0 aromatic carbocycles. The second kappa shape index (κ2) is 2.96. The minimum absolute atomic E-state index is 0.0275. The number of rotatable bonds is 3. The smallest absolute Gasteiger partial charge is 0.239 e. The number of hydrogen-bond donors (Lipinski definition) is 2. The van der Waals surface area contributed by atoms with Crippen molar-refractivity contribution in [1.82, 2.24) is 4.90 Å². The number of carbonyl (C=O) groups excluding carboxylic acids is 1. The summed E-state index contributed by atoms with van der Waals surface area (Å²) in [7, 11) is 0. The highest BCUT2D eigenvalue weighted by Gasteiger charge is 2.45. The van der Waals surface area contributed by atoms with Gasteiger partial charge in [0.25, 0.3) is 0 Å². The molecule has 2 aliphatic rings. The van der Waals surface area contributed by atoms with Gasteiger partial charge in [-0.15, -0.1) is 0 Å². The molecule has 3 N–H and O–H groups in total. The van der Waals surface area contributed by atoms with Crippen LogP contribution in [0.2, 0.25) is 0 Å². The van der Waals surface area contributed by atoms with Crippen molar-refractivity contribution in [2.75, 3.05) is 19.7 Å². The van der Waals surface area contributed by atoms with E-state index in [1.165, 1.54) is 0 Å². The van der Waals surface area contributed by atoms with Crippen LogP contribution >= 0.6 is 0 Å². The second-order valence-corrected chi connectivity index (χ2v) is 4.31. The molecule has 1 unspecified atom stereocenters. The molecule has 1 aliphatic carbocycles. The number of hydrogen-bond acceptors (Lipinski definition) is 3. The summed E-state index contributed by atoms with van der Waals surface area (Å²) in [5.74, 6) is 0.0553. The number of amides is 1. The maximum atomic E-state index is 11.4. The molecule has 74 valence electrons. The largest absolute Gasteiger partial charge is 0.396 e. The molecule has 1 atom stereocenters. The molecule has 1 saturated carbocycles. The molecule has 0 aromatic heterocycles. The summed E-state index contributed by atoms with van der Waals surface area (Å²) < 4.78 is 0. The van der Waals surface area contributed by atoms with Crippen molar-refractivity contribution in [3.63, 3.8) is 0 Å².